The molecular formula is C25H35ClN4O3S2. The van der Waals surface area contributed by atoms with Crippen molar-refractivity contribution in [2.45, 2.75) is 38.0 Å². The number of fused-ring (bicyclic) bond motifs is 1. The summed E-state index contributed by atoms with van der Waals surface area (Å²) in [5, 5.41) is 0.652. The molecule has 0 saturated heterocycles. The van der Waals surface area contributed by atoms with E-state index in [-0.39, 0.29) is 23.2 Å². The molecule has 10 heteroatoms. The van der Waals surface area contributed by atoms with Crippen LogP contribution in [-0.2, 0) is 10.0 Å². The molecule has 0 spiro atoms. The van der Waals surface area contributed by atoms with Crippen molar-refractivity contribution in [2.75, 3.05) is 45.2 Å². The summed E-state index contributed by atoms with van der Waals surface area (Å²) in [5.41, 5.74) is 1.31. The predicted molar refractivity (Wildman–Crippen MR) is 147 cm³/mol. The zero-order valence-corrected chi connectivity index (χ0v) is 23.3. The van der Waals surface area contributed by atoms with Gasteiger partial charge < -0.3 is 4.90 Å². The number of carbonyl (C=O) groups is 1. The lowest BCUT2D eigenvalue weighted by atomic mass is 10.2. The first kappa shape index (κ1) is 29.2. The van der Waals surface area contributed by atoms with E-state index in [1.54, 1.807) is 17.0 Å². The minimum Gasteiger partial charge on any atom is -0.309 e. The minimum absolute atomic E-state index is 0. The highest BCUT2D eigenvalue weighted by Crippen LogP contribution is 2.30. The van der Waals surface area contributed by atoms with Gasteiger partial charge in [-0.1, -0.05) is 37.3 Å². The molecule has 1 heterocycles. The average Bonchev–Trinajstić information content (AvgIpc) is 3.25. The van der Waals surface area contributed by atoms with E-state index in [4.69, 9.17) is 0 Å². The molecule has 35 heavy (non-hydrogen) atoms. The van der Waals surface area contributed by atoms with Crippen LogP contribution in [0.3, 0.4) is 0 Å². The molecular weight excluding hydrogens is 504 g/mol. The molecule has 2 aromatic carbocycles. The molecule has 0 unspecified atom stereocenters. The number of anilines is 1. The van der Waals surface area contributed by atoms with E-state index in [0.717, 1.165) is 36.0 Å². The summed E-state index contributed by atoms with van der Waals surface area (Å²) in [5.74, 6) is -0.180. The summed E-state index contributed by atoms with van der Waals surface area (Å²) in [6.45, 7) is 6.26. The number of carbonyl (C=O) groups excluding carboxylic acids is 1. The van der Waals surface area contributed by atoms with Crippen LogP contribution in [0.15, 0.2) is 53.4 Å². The zero-order valence-electron chi connectivity index (χ0n) is 20.8. The van der Waals surface area contributed by atoms with Gasteiger partial charge in [0.15, 0.2) is 5.13 Å². The number of hydrogen-bond donors (Lipinski definition) is 0. The lowest BCUT2D eigenvalue weighted by molar-refractivity contribution is 0.0986. The molecule has 1 aromatic heterocycles. The van der Waals surface area contributed by atoms with E-state index >= 15 is 0 Å². The van der Waals surface area contributed by atoms with Gasteiger partial charge in [0.1, 0.15) is 0 Å². The molecule has 192 valence electrons. The van der Waals surface area contributed by atoms with Crippen molar-refractivity contribution in [2.24, 2.45) is 0 Å². The number of benzene rings is 2. The van der Waals surface area contributed by atoms with Gasteiger partial charge in [0, 0.05) is 25.2 Å². The number of thiazole rings is 1. The molecule has 7 nitrogen and oxygen atoms in total. The summed E-state index contributed by atoms with van der Waals surface area (Å²) in [6.07, 6.45) is 2.30. The Hall–Kier alpha value is -2.04. The lowest BCUT2D eigenvalue weighted by Gasteiger charge is -2.22. The summed E-state index contributed by atoms with van der Waals surface area (Å²) in [7, 11) is 0.418. The number of halogens is 1. The number of aromatic nitrogens is 1. The van der Waals surface area contributed by atoms with E-state index in [1.165, 1.54) is 27.8 Å². The normalized spacial score (nSPS) is 11.7. The van der Waals surface area contributed by atoms with Crippen molar-refractivity contribution < 1.29 is 13.2 Å². The fourth-order valence-electron chi connectivity index (χ4n) is 3.73. The Morgan fingerprint density at radius 3 is 2.11 bits per heavy atom. The van der Waals surface area contributed by atoms with Crippen molar-refractivity contribution in [1.29, 1.82) is 0 Å². The Kier molecular flexibility index (Phi) is 11.1. The first-order valence-corrected chi connectivity index (χ1v) is 14.0. The maximum Gasteiger partial charge on any atom is 0.260 e. The van der Waals surface area contributed by atoms with Gasteiger partial charge in [-0.3, -0.25) is 9.69 Å². The number of hydrogen-bond acceptors (Lipinski definition) is 6. The van der Waals surface area contributed by atoms with Gasteiger partial charge in [0.25, 0.3) is 5.91 Å². The van der Waals surface area contributed by atoms with Gasteiger partial charge in [-0.2, -0.15) is 4.31 Å². The van der Waals surface area contributed by atoms with Gasteiger partial charge in [-0.25, -0.2) is 13.4 Å². The fraction of sp³-hybridized carbons (Fsp3) is 0.440. The number of rotatable bonds is 12. The fourth-order valence-corrected chi connectivity index (χ4v) is 6.34. The third kappa shape index (κ3) is 7.24. The van der Waals surface area contributed by atoms with Crippen LogP contribution in [0.4, 0.5) is 5.13 Å². The number of amides is 1. The smallest absolute Gasteiger partial charge is 0.260 e. The van der Waals surface area contributed by atoms with E-state index in [0.29, 0.717) is 30.3 Å². The minimum atomic E-state index is -3.59. The Morgan fingerprint density at radius 2 is 1.54 bits per heavy atom. The first-order valence-electron chi connectivity index (χ1n) is 11.7. The number of nitrogens with zero attached hydrogens (tertiary/aromatic N) is 4. The van der Waals surface area contributed by atoms with Crippen LogP contribution in [0.1, 0.15) is 43.5 Å². The molecule has 0 aliphatic carbocycles. The quantitative estimate of drug-likeness (QED) is 0.320. The molecule has 0 radical (unpaired) electrons. The van der Waals surface area contributed by atoms with Gasteiger partial charge in [-0.05, 0) is 76.3 Å². The van der Waals surface area contributed by atoms with Gasteiger partial charge in [0.2, 0.25) is 10.0 Å². The standard InChI is InChI=1S/C25H34N4O3S2.ClH/c1-5-16-28(17-6-2)34(31,32)21-14-12-20(13-15-21)24(30)29(19-9-18-27(3)4)25-26-22-10-7-8-11-23(22)33-25;/h7-8,10-15H,5-6,9,16-19H2,1-4H3;1H. The van der Waals surface area contributed by atoms with Crippen LogP contribution in [0, 0.1) is 0 Å². The third-order valence-corrected chi connectivity index (χ3v) is 8.40. The molecule has 0 N–H and O–H groups in total. The highest BCUT2D eigenvalue weighted by atomic mass is 35.5. The molecule has 0 aliphatic rings. The second kappa shape index (κ2) is 13.3. The van der Waals surface area contributed by atoms with Crippen molar-refractivity contribution >= 4 is 55.0 Å². The second-order valence-corrected chi connectivity index (χ2v) is 11.5. The monoisotopic (exact) mass is 538 g/mol. The molecule has 0 aliphatic heterocycles. The maximum atomic E-state index is 13.5. The van der Waals surface area contributed by atoms with Crippen LogP contribution in [0.2, 0.25) is 0 Å². The molecule has 0 fully saturated rings. The molecule has 1 amide bonds. The van der Waals surface area contributed by atoms with Crippen molar-refractivity contribution in [3.63, 3.8) is 0 Å². The second-order valence-electron chi connectivity index (χ2n) is 8.51. The number of sulfonamides is 1. The van der Waals surface area contributed by atoms with Crippen molar-refractivity contribution in [3.8, 4) is 0 Å². The molecule has 0 bridgehead atoms. The van der Waals surface area contributed by atoms with Crippen LogP contribution >= 0.6 is 23.7 Å². The molecule has 0 atom stereocenters. The van der Waals surface area contributed by atoms with Crippen molar-refractivity contribution in [1.82, 2.24) is 14.2 Å². The van der Waals surface area contributed by atoms with Gasteiger partial charge >= 0.3 is 0 Å². The van der Waals surface area contributed by atoms with Gasteiger partial charge in [0.05, 0.1) is 15.1 Å². The summed E-state index contributed by atoms with van der Waals surface area (Å²) >= 11 is 1.49. The highest BCUT2D eigenvalue weighted by Gasteiger charge is 2.25. The summed E-state index contributed by atoms with van der Waals surface area (Å²) in [4.78, 5) is 22.2. The molecule has 3 rings (SSSR count). The SMILES string of the molecule is CCCN(CCC)S(=O)(=O)c1ccc(C(=O)N(CCCN(C)C)c2nc3ccccc3s2)cc1.Cl. The van der Waals surface area contributed by atoms with Crippen LogP contribution in [0.25, 0.3) is 10.2 Å². The summed E-state index contributed by atoms with van der Waals surface area (Å²) < 4.78 is 28.7. The van der Waals surface area contributed by atoms with Crippen LogP contribution in [-0.4, -0.2) is 68.8 Å². The predicted octanol–water partition coefficient (Wildman–Crippen LogP) is 5.13. The van der Waals surface area contributed by atoms with Gasteiger partial charge in [-0.15, -0.1) is 12.4 Å². The van der Waals surface area contributed by atoms with E-state index < -0.39 is 10.0 Å². The maximum absolute atomic E-state index is 13.5. The molecule has 3 aromatic rings. The van der Waals surface area contributed by atoms with E-state index in [1.807, 2.05) is 52.2 Å². The largest absolute Gasteiger partial charge is 0.309 e. The lowest BCUT2D eigenvalue weighted by Crippen LogP contribution is -2.34. The van der Waals surface area contributed by atoms with Crippen LogP contribution in [0.5, 0.6) is 0 Å². The summed E-state index contributed by atoms with van der Waals surface area (Å²) in [6, 6.07) is 14.1. The molecule has 0 saturated carbocycles. The van der Waals surface area contributed by atoms with Crippen molar-refractivity contribution in [3.05, 3.63) is 54.1 Å². The Labute approximate surface area is 219 Å². The Bertz CT molecular complexity index is 1160. The van der Waals surface area contributed by atoms with E-state index in [9.17, 15) is 13.2 Å². The van der Waals surface area contributed by atoms with Crippen LogP contribution < -0.4 is 4.90 Å². The highest BCUT2D eigenvalue weighted by molar-refractivity contribution is 7.89. The topological polar surface area (TPSA) is 73.8 Å². The average molecular weight is 539 g/mol. The zero-order chi connectivity index (χ0) is 24.7. The Morgan fingerprint density at radius 1 is 0.914 bits per heavy atom. The Balaban J connectivity index is 0.00000432. The first-order chi connectivity index (χ1) is 16.3. The van der Waals surface area contributed by atoms with E-state index in [2.05, 4.69) is 9.88 Å². The number of para-hydroxylation sites is 1. The third-order valence-electron chi connectivity index (χ3n) is 5.43.